The minimum Gasteiger partial charge on any atom is -0.456 e. The summed E-state index contributed by atoms with van der Waals surface area (Å²) in [5, 5.41) is 4.39. The van der Waals surface area contributed by atoms with Crippen molar-refractivity contribution in [2.75, 3.05) is 0 Å². The van der Waals surface area contributed by atoms with Gasteiger partial charge in [-0.05, 0) is 105 Å². The zero-order valence-corrected chi connectivity index (χ0v) is 29.1. The summed E-state index contributed by atoms with van der Waals surface area (Å²) in [6.07, 6.45) is 9.86. The van der Waals surface area contributed by atoms with Crippen LogP contribution in [0.3, 0.4) is 0 Å². The van der Waals surface area contributed by atoms with E-state index in [-0.39, 0.29) is 0 Å². The van der Waals surface area contributed by atoms with Crippen LogP contribution in [0.5, 0.6) is 0 Å². The minimum atomic E-state index is 0.601. The van der Waals surface area contributed by atoms with Gasteiger partial charge in [0.25, 0.3) is 0 Å². The molecule has 0 bridgehead atoms. The third-order valence-corrected chi connectivity index (χ3v) is 11.4. The lowest BCUT2D eigenvalue weighted by Crippen LogP contribution is -2.00. The lowest BCUT2D eigenvalue weighted by molar-refractivity contribution is 0.669. The fourth-order valence-electron chi connectivity index (χ4n) is 7.76. The number of pyridine rings is 1. The fourth-order valence-corrected chi connectivity index (χ4v) is 8.89. The molecule has 1 aliphatic heterocycles. The van der Waals surface area contributed by atoms with Crippen LogP contribution in [0.4, 0.5) is 0 Å². The highest BCUT2D eigenvalue weighted by molar-refractivity contribution is 7.99. The number of aromatic nitrogens is 4. The van der Waals surface area contributed by atoms with Crippen molar-refractivity contribution in [1.29, 1.82) is 0 Å². The molecule has 0 N–H and O–H groups in total. The first-order valence-corrected chi connectivity index (χ1v) is 18.4. The quantitative estimate of drug-likeness (QED) is 0.180. The van der Waals surface area contributed by atoms with E-state index in [1.54, 1.807) is 12.4 Å². The van der Waals surface area contributed by atoms with Gasteiger partial charge >= 0.3 is 0 Å². The second kappa shape index (κ2) is 11.9. The van der Waals surface area contributed by atoms with Crippen molar-refractivity contribution in [2.45, 2.75) is 9.79 Å². The maximum Gasteiger partial charge on any atom is 0.235 e. The van der Waals surface area contributed by atoms with E-state index in [1.165, 1.54) is 26.5 Å². The number of benzene rings is 6. The molecule has 0 atom stereocenters. The van der Waals surface area contributed by atoms with Crippen molar-refractivity contribution >= 4 is 67.8 Å². The third-order valence-electron chi connectivity index (χ3n) is 10.2. The zero-order chi connectivity index (χ0) is 34.9. The Labute approximate surface area is 308 Å². The molecule has 6 heteroatoms. The third kappa shape index (κ3) is 4.84. The standard InChI is InChI=1S/C47H28N4OS/c1-2-10-33-29(9-1)16-17-30-18-19-31(32-20-21-41-38(26-32)36-13-7-22-48-46(36)51(41)47-49-23-8-24-50-47)25-37(30)40-27-43-39(34-11-3-5-14-42(34)52-43)28-45(40)53-44-15-6-4-12-35(33)44/h1-28H/b17-16-. The van der Waals surface area contributed by atoms with Crippen LogP contribution in [0.1, 0.15) is 11.1 Å². The Bertz CT molecular complexity index is 3100. The summed E-state index contributed by atoms with van der Waals surface area (Å²) in [6.45, 7) is 0. The molecule has 11 rings (SSSR count). The average molecular weight is 697 g/mol. The summed E-state index contributed by atoms with van der Waals surface area (Å²) in [4.78, 5) is 16.3. The Balaban J connectivity index is 1.16. The monoisotopic (exact) mass is 696 g/mol. The first kappa shape index (κ1) is 29.9. The maximum absolute atomic E-state index is 6.50. The Morgan fingerprint density at radius 2 is 1.19 bits per heavy atom. The molecule has 1 aliphatic rings. The number of hydrogen-bond donors (Lipinski definition) is 0. The summed E-state index contributed by atoms with van der Waals surface area (Å²) in [5.41, 5.74) is 12.9. The molecule has 0 aliphatic carbocycles. The Morgan fingerprint density at radius 3 is 2.11 bits per heavy atom. The van der Waals surface area contributed by atoms with Crippen LogP contribution in [0.15, 0.2) is 172 Å². The lowest BCUT2D eigenvalue weighted by Gasteiger charge is -2.16. The van der Waals surface area contributed by atoms with Crippen LogP contribution < -0.4 is 0 Å². The van der Waals surface area contributed by atoms with Crippen molar-refractivity contribution < 1.29 is 4.42 Å². The minimum absolute atomic E-state index is 0.601. The van der Waals surface area contributed by atoms with Gasteiger partial charge < -0.3 is 4.42 Å². The van der Waals surface area contributed by atoms with Gasteiger partial charge in [-0.2, -0.15) is 0 Å². The number of fused-ring (bicyclic) bond motifs is 12. The van der Waals surface area contributed by atoms with E-state index >= 15 is 0 Å². The largest absolute Gasteiger partial charge is 0.456 e. The van der Waals surface area contributed by atoms with Crippen LogP contribution in [0.2, 0.25) is 0 Å². The zero-order valence-electron chi connectivity index (χ0n) is 28.3. The van der Waals surface area contributed by atoms with Crippen molar-refractivity contribution in [1.82, 2.24) is 19.5 Å². The van der Waals surface area contributed by atoms with Gasteiger partial charge in [-0.25, -0.2) is 15.0 Å². The molecule has 0 fully saturated rings. The second-order valence-corrected chi connectivity index (χ2v) is 14.3. The molecular weight excluding hydrogens is 669 g/mol. The van der Waals surface area contributed by atoms with Crippen LogP contribution in [0.25, 0.3) is 95.4 Å². The number of nitrogens with zero attached hydrogens (tertiary/aromatic N) is 4. The molecule has 0 radical (unpaired) electrons. The molecule has 248 valence electrons. The van der Waals surface area contributed by atoms with Gasteiger partial charge in [-0.3, -0.25) is 4.57 Å². The van der Waals surface area contributed by atoms with Crippen molar-refractivity contribution in [3.63, 3.8) is 0 Å². The lowest BCUT2D eigenvalue weighted by atomic mass is 9.92. The van der Waals surface area contributed by atoms with Crippen LogP contribution in [0, 0.1) is 0 Å². The molecule has 10 aromatic rings. The molecule has 4 aromatic heterocycles. The first-order valence-electron chi connectivity index (χ1n) is 17.6. The highest BCUT2D eigenvalue weighted by Crippen LogP contribution is 2.47. The molecule has 0 saturated carbocycles. The number of rotatable bonds is 2. The molecule has 0 spiro atoms. The highest BCUT2D eigenvalue weighted by Gasteiger charge is 2.20. The Morgan fingerprint density at radius 1 is 0.453 bits per heavy atom. The summed E-state index contributed by atoms with van der Waals surface area (Å²) >= 11 is 1.82. The van der Waals surface area contributed by atoms with Gasteiger partial charge in [0, 0.05) is 49.9 Å². The maximum atomic E-state index is 6.50. The van der Waals surface area contributed by atoms with E-state index in [1.807, 2.05) is 46.8 Å². The van der Waals surface area contributed by atoms with E-state index in [9.17, 15) is 0 Å². The van der Waals surface area contributed by atoms with E-state index in [0.717, 1.165) is 71.7 Å². The smallest absolute Gasteiger partial charge is 0.235 e. The van der Waals surface area contributed by atoms with Crippen LogP contribution in [-0.4, -0.2) is 19.5 Å². The van der Waals surface area contributed by atoms with E-state index < -0.39 is 0 Å². The van der Waals surface area contributed by atoms with E-state index in [0.29, 0.717) is 5.95 Å². The van der Waals surface area contributed by atoms with E-state index in [2.05, 4.69) is 137 Å². The predicted octanol–water partition coefficient (Wildman–Crippen LogP) is 12.5. The van der Waals surface area contributed by atoms with Gasteiger partial charge in [0.1, 0.15) is 16.8 Å². The van der Waals surface area contributed by atoms with Gasteiger partial charge in [-0.1, -0.05) is 103 Å². The van der Waals surface area contributed by atoms with Gasteiger partial charge in [0.15, 0.2) is 0 Å². The van der Waals surface area contributed by atoms with Crippen molar-refractivity contribution in [2.24, 2.45) is 0 Å². The predicted molar refractivity (Wildman–Crippen MR) is 217 cm³/mol. The summed E-state index contributed by atoms with van der Waals surface area (Å²) in [5.74, 6) is 0.601. The van der Waals surface area contributed by atoms with Crippen molar-refractivity contribution in [3.05, 3.63) is 169 Å². The number of hydrogen-bond acceptors (Lipinski definition) is 5. The average Bonchev–Trinajstić information content (AvgIpc) is 3.74. The fraction of sp³-hybridized carbons (Fsp3) is 0. The molecule has 0 saturated heterocycles. The highest BCUT2D eigenvalue weighted by atomic mass is 32.2. The number of para-hydroxylation sites is 1. The second-order valence-electron chi connectivity index (χ2n) is 13.3. The van der Waals surface area contributed by atoms with Gasteiger partial charge in [-0.15, -0.1) is 0 Å². The summed E-state index contributed by atoms with van der Waals surface area (Å²) in [7, 11) is 0. The Hall–Kier alpha value is -6.76. The summed E-state index contributed by atoms with van der Waals surface area (Å²) in [6, 6.07) is 49.6. The normalized spacial score (nSPS) is 13.0. The topological polar surface area (TPSA) is 56.7 Å². The molecule has 0 unspecified atom stereocenters. The molecule has 53 heavy (non-hydrogen) atoms. The molecule has 5 heterocycles. The molecule has 0 amide bonds. The van der Waals surface area contributed by atoms with Crippen LogP contribution in [-0.2, 0) is 0 Å². The SMILES string of the molecule is C1=C\c2ccc(-c3ccc4c(c3)c3cccnc3n4-c3ncccn3)cc2-c2cc3oc4ccccc4c3cc2Sc2ccccc2-c2ccccc2/1. The first-order chi connectivity index (χ1) is 26.3. The van der Waals surface area contributed by atoms with Gasteiger partial charge in [0.05, 0.1) is 5.52 Å². The van der Waals surface area contributed by atoms with Crippen molar-refractivity contribution in [3.8, 4) is 39.3 Å². The Kier molecular flexibility index (Phi) is 6.72. The van der Waals surface area contributed by atoms with E-state index in [4.69, 9.17) is 9.40 Å². The molecular formula is C47H28N4OS. The number of furan rings is 1. The molecule has 5 nitrogen and oxygen atoms in total. The molecule has 6 aromatic carbocycles. The summed E-state index contributed by atoms with van der Waals surface area (Å²) < 4.78 is 8.54. The van der Waals surface area contributed by atoms with Crippen LogP contribution >= 0.6 is 11.8 Å². The van der Waals surface area contributed by atoms with Gasteiger partial charge in [0.2, 0.25) is 5.95 Å².